The molecule has 0 saturated heterocycles. The second kappa shape index (κ2) is 9.00. The maximum atomic E-state index is 12.3. The molecular formula is C24H23NO3. The Morgan fingerprint density at radius 3 is 2.07 bits per heavy atom. The van der Waals surface area contributed by atoms with Crippen molar-refractivity contribution < 1.29 is 14.3 Å². The van der Waals surface area contributed by atoms with Crippen LogP contribution in [0.2, 0.25) is 0 Å². The van der Waals surface area contributed by atoms with Crippen LogP contribution in [0.1, 0.15) is 35.3 Å². The number of carbonyl (C=O) groups is 2. The van der Waals surface area contributed by atoms with E-state index in [1.807, 2.05) is 42.5 Å². The van der Waals surface area contributed by atoms with Gasteiger partial charge >= 0.3 is 0 Å². The van der Waals surface area contributed by atoms with E-state index in [-0.39, 0.29) is 11.7 Å². The fourth-order valence-corrected chi connectivity index (χ4v) is 2.81. The van der Waals surface area contributed by atoms with Gasteiger partial charge in [0.05, 0.1) is 0 Å². The van der Waals surface area contributed by atoms with Crippen molar-refractivity contribution in [1.29, 1.82) is 0 Å². The Kier molecular flexibility index (Phi) is 6.22. The molecule has 0 aliphatic rings. The van der Waals surface area contributed by atoms with E-state index in [2.05, 4.69) is 17.4 Å². The highest BCUT2D eigenvalue weighted by Gasteiger charge is 2.15. The number of ketones is 1. The summed E-state index contributed by atoms with van der Waals surface area (Å²) in [6, 6.07) is 24.8. The van der Waals surface area contributed by atoms with E-state index >= 15 is 0 Å². The molecule has 0 saturated carbocycles. The van der Waals surface area contributed by atoms with Crippen molar-refractivity contribution in [2.75, 3.05) is 5.32 Å². The molecule has 3 rings (SSSR count). The minimum Gasteiger partial charge on any atom is -0.481 e. The van der Waals surface area contributed by atoms with Crippen LogP contribution in [-0.2, 0) is 11.2 Å². The molecule has 0 heterocycles. The van der Waals surface area contributed by atoms with Gasteiger partial charge in [0.15, 0.2) is 11.9 Å². The number of hydrogen-bond donors (Lipinski definition) is 1. The molecule has 0 radical (unpaired) electrons. The van der Waals surface area contributed by atoms with Gasteiger partial charge in [-0.25, -0.2) is 0 Å². The lowest BCUT2D eigenvalue weighted by atomic mass is 10.1. The lowest BCUT2D eigenvalue weighted by Gasteiger charge is -2.15. The molecule has 0 spiro atoms. The minimum absolute atomic E-state index is 0.00899. The molecule has 0 aliphatic heterocycles. The lowest BCUT2D eigenvalue weighted by Crippen LogP contribution is -2.30. The summed E-state index contributed by atoms with van der Waals surface area (Å²) in [4.78, 5) is 23.6. The normalized spacial score (nSPS) is 11.5. The maximum absolute atomic E-state index is 12.3. The van der Waals surface area contributed by atoms with Gasteiger partial charge in [0.1, 0.15) is 5.75 Å². The highest BCUT2D eigenvalue weighted by Crippen LogP contribution is 2.17. The quantitative estimate of drug-likeness (QED) is 0.600. The molecule has 4 heteroatoms. The average molecular weight is 373 g/mol. The van der Waals surface area contributed by atoms with E-state index in [0.29, 0.717) is 17.0 Å². The number of carbonyl (C=O) groups excluding carboxylic acids is 2. The summed E-state index contributed by atoms with van der Waals surface area (Å²) in [5.74, 6) is 0.389. The third kappa shape index (κ3) is 5.30. The van der Waals surface area contributed by atoms with Crippen LogP contribution in [0.15, 0.2) is 78.9 Å². The van der Waals surface area contributed by atoms with E-state index in [1.165, 1.54) is 18.1 Å². The monoisotopic (exact) mass is 373 g/mol. The maximum Gasteiger partial charge on any atom is 0.265 e. The van der Waals surface area contributed by atoms with Crippen molar-refractivity contribution in [3.63, 3.8) is 0 Å². The average Bonchev–Trinajstić information content (AvgIpc) is 2.70. The summed E-state index contributed by atoms with van der Waals surface area (Å²) in [5.41, 5.74) is 3.67. The van der Waals surface area contributed by atoms with E-state index < -0.39 is 6.10 Å². The zero-order valence-electron chi connectivity index (χ0n) is 16.0. The fraction of sp³-hybridized carbons (Fsp3) is 0.167. The van der Waals surface area contributed by atoms with Crippen molar-refractivity contribution in [1.82, 2.24) is 0 Å². The molecule has 4 nitrogen and oxygen atoms in total. The smallest absolute Gasteiger partial charge is 0.265 e. The number of benzene rings is 3. The number of amides is 1. The Labute approximate surface area is 165 Å². The van der Waals surface area contributed by atoms with Crippen LogP contribution in [0.3, 0.4) is 0 Å². The van der Waals surface area contributed by atoms with Gasteiger partial charge in [-0.15, -0.1) is 0 Å². The summed E-state index contributed by atoms with van der Waals surface area (Å²) in [6.07, 6.45) is 0.209. The number of nitrogens with one attached hydrogen (secondary N) is 1. The summed E-state index contributed by atoms with van der Waals surface area (Å²) < 4.78 is 5.75. The number of ether oxygens (including phenoxy) is 1. The van der Waals surface area contributed by atoms with E-state index in [9.17, 15) is 9.59 Å². The third-order valence-electron chi connectivity index (χ3n) is 4.42. The number of rotatable bonds is 7. The van der Waals surface area contributed by atoms with Crippen LogP contribution in [0.4, 0.5) is 5.69 Å². The van der Waals surface area contributed by atoms with Crippen LogP contribution >= 0.6 is 0 Å². The van der Waals surface area contributed by atoms with Crippen molar-refractivity contribution in [3.05, 3.63) is 95.6 Å². The Bertz CT molecular complexity index is 932. The van der Waals surface area contributed by atoms with E-state index in [0.717, 1.165) is 6.42 Å². The summed E-state index contributed by atoms with van der Waals surface area (Å²) >= 11 is 0. The van der Waals surface area contributed by atoms with Crippen molar-refractivity contribution in [2.24, 2.45) is 0 Å². The molecule has 3 aromatic rings. The molecule has 28 heavy (non-hydrogen) atoms. The van der Waals surface area contributed by atoms with Gasteiger partial charge in [0, 0.05) is 11.3 Å². The first-order valence-electron chi connectivity index (χ1n) is 9.22. The Morgan fingerprint density at radius 2 is 1.46 bits per heavy atom. The van der Waals surface area contributed by atoms with Gasteiger partial charge in [-0.2, -0.15) is 0 Å². The SMILES string of the molecule is CC(=O)c1ccc(NC(=O)C(C)Oc2ccc(Cc3ccccc3)cc2)cc1. The second-order valence-electron chi connectivity index (χ2n) is 6.69. The number of hydrogen-bond acceptors (Lipinski definition) is 3. The highest BCUT2D eigenvalue weighted by atomic mass is 16.5. The van der Waals surface area contributed by atoms with Crippen LogP contribution < -0.4 is 10.1 Å². The molecule has 1 amide bonds. The topological polar surface area (TPSA) is 55.4 Å². The molecule has 1 atom stereocenters. The van der Waals surface area contributed by atoms with Gasteiger partial charge in [-0.1, -0.05) is 42.5 Å². The zero-order valence-corrected chi connectivity index (χ0v) is 16.0. The van der Waals surface area contributed by atoms with Gasteiger partial charge in [0.2, 0.25) is 0 Å². The largest absolute Gasteiger partial charge is 0.481 e. The first-order chi connectivity index (χ1) is 13.5. The first kappa shape index (κ1) is 19.4. The van der Waals surface area contributed by atoms with Gasteiger partial charge in [-0.3, -0.25) is 9.59 Å². The van der Waals surface area contributed by atoms with Crippen LogP contribution in [0, 0.1) is 0 Å². The molecule has 1 unspecified atom stereocenters. The van der Waals surface area contributed by atoms with Gasteiger partial charge in [-0.05, 0) is 67.8 Å². The summed E-state index contributed by atoms with van der Waals surface area (Å²) in [7, 11) is 0. The molecule has 0 aliphatic carbocycles. The predicted molar refractivity (Wildman–Crippen MR) is 111 cm³/mol. The Hall–Kier alpha value is -3.40. The van der Waals surface area contributed by atoms with Crippen LogP contribution in [0.25, 0.3) is 0 Å². The third-order valence-corrected chi connectivity index (χ3v) is 4.42. The standard InChI is InChI=1S/C24H23NO3/c1-17(26)21-10-12-22(13-11-21)25-24(27)18(2)28-23-14-8-20(9-15-23)16-19-6-4-3-5-7-19/h3-15,18H,16H2,1-2H3,(H,25,27). The summed E-state index contributed by atoms with van der Waals surface area (Å²) in [6.45, 7) is 3.21. The van der Waals surface area contributed by atoms with Crippen LogP contribution in [-0.4, -0.2) is 17.8 Å². The van der Waals surface area contributed by atoms with E-state index in [4.69, 9.17) is 4.74 Å². The molecule has 0 bridgehead atoms. The van der Waals surface area contributed by atoms with Crippen molar-refractivity contribution >= 4 is 17.4 Å². The molecule has 142 valence electrons. The van der Waals surface area contributed by atoms with Crippen LogP contribution in [0.5, 0.6) is 5.75 Å². The molecule has 3 aromatic carbocycles. The Balaban J connectivity index is 1.55. The molecule has 0 aromatic heterocycles. The molecule has 0 fully saturated rings. The minimum atomic E-state index is -0.646. The highest BCUT2D eigenvalue weighted by molar-refractivity contribution is 5.96. The zero-order chi connectivity index (χ0) is 19.9. The number of anilines is 1. The predicted octanol–water partition coefficient (Wildman–Crippen LogP) is 4.89. The molecular weight excluding hydrogens is 350 g/mol. The fourth-order valence-electron chi connectivity index (χ4n) is 2.81. The second-order valence-corrected chi connectivity index (χ2v) is 6.69. The molecule has 1 N–H and O–H groups in total. The lowest BCUT2D eigenvalue weighted by molar-refractivity contribution is -0.122. The first-order valence-corrected chi connectivity index (χ1v) is 9.22. The summed E-state index contributed by atoms with van der Waals surface area (Å²) in [5, 5.41) is 2.80. The van der Waals surface area contributed by atoms with Gasteiger partial charge < -0.3 is 10.1 Å². The van der Waals surface area contributed by atoms with Crippen molar-refractivity contribution in [3.8, 4) is 5.75 Å². The van der Waals surface area contributed by atoms with Crippen molar-refractivity contribution in [2.45, 2.75) is 26.4 Å². The Morgan fingerprint density at radius 1 is 0.857 bits per heavy atom. The van der Waals surface area contributed by atoms with E-state index in [1.54, 1.807) is 31.2 Å². The number of Topliss-reactive ketones (excluding diaryl/α,β-unsaturated/α-hetero) is 1. The van der Waals surface area contributed by atoms with Gasteiger partial charge in [0.25, 0.3) is 5.91 Å².